The topological polar surface area (TPSA) is 31.0 Å². The predicted molar refractivity (Wildman–Crippen MR) is 65.7 cm³/mol. The van der Waals surface area contributed by atoms with Gasteiger partial charge in [-0.3, -0.25) is 0 Å². The maximum atomic E-state index is 5.76. The minimum absolute atomic E-state index is 0.274. The van der Waals surface area contributed by atoms with Crippen LogP contribution < -0.4 is 9.47 Å². The quantitative estimate of drug-likeness (QED) is 0.756. The number of epoxide rings is 1. The van der Waals surface area contributed by atoms with Crippen molar-refractivity contribution in [3.63, 3.8) is 0 Å². The highest BCUT2D eigenvalue weighted by Gasteiger charge is 2.23. The van der Waals surface area contributed by atoms with Crippen molar-refractivity contribution in [1.29, 1.82) is 0 Å². The summed E-state index contributed by atoms with van der Waals surface area (Å²) in [4.78, 5) is 0. The third-order valence-electron chi connectivity index (χ3n) is 2.88. The normalized spacial score (nSPS) is 18.1. The summed E-state index contributed by atoms with van der Waals surface area (Å²) in [6.07, 6.45) is 0.274. The van der Waals surface area contributed by atoms with E-state index in [1.807, 2.05) is 30.3 Å². The fraction of sp³-hybridized carbons (Fsp3) is 0.286. The fourth-order valence-electron chi connectivity index (χ4n) is 1.82. The van der Waals surface area contributed by atoms with E-state index in [-0.39, 0.29) is 6.10 Å². The summed E-state index contributed by atoms with van der Waals surface area (Å²) >= 11 is 0. The van der Waals surface area contributed by atoms with Gasteiger partial charge in [0.15, 0.2) is 0 Å². The lowest BCUT2D eigenvalue weighted by Crippen LogP contribution is -2.04. The van der Waals surface area contributed by atoms with Crippen molar-refractivity contribution in [3.8, 4) is 11.5 Å². The van der Waals surface area contributed by atoms with Crippen LogP contribution in [0, 0.1) is 0 Å². The van der Waals surface area contributed by atoms with Gasteiger partial charge in [-0.1, -0.05) is 18.2 Å². The van der Waals surface area contributed by atoms with Crippen LogP contribution in [0.15, 0.2) is 36.4 Å². The molecule has 1 aliphatic heterocycles. The van der Waals surface area contributed by atoms with Gasteiger partial charge < -0.3 is 14.2 Å². The van der Waals surface area contributed by atoms with Crippen molar-refractivity contribution in [2.45, 2.75) is 6.10 Å². The first-order valence-corrected chi connectivity index (χ1v) is 5.68. The van der Waals surface area contributed by atoms with Crippen LogP contribution in [0.4, 0.5) is 0 Å². The average Bonchev–Trinajstić information content (AvgIpc) is 3.19. The van der Waals surface area contributed by atoms with Crippen LogP contribution in [0.5, 0.6) is 11.5 Å². The van der Waals surface area contributed by atoms with Crippen molar-refractivity contribution in [3.05, 3.63) is 36.4 Å². The second kappa shape index (κ2) is 4.26. The maximum Gasteiger partial charge on any atom is 0.127 e. The molecule has 1 heterocycles. The second-order valence-electron chi connectivity index (χ2n) is 4.11. The molecular formula is C14H14O3. The Morgan fingerprint density at radius 2 is 2.18 bits per heavy atom. The van der Waals surface area contributed by atoms with Crippen LogP contribution in [-0.2, 0) is 4.74 Å². The summed E-state index contributed by atoms with van der Waals surface area (Å²) in [7, 11) is 1.67. The summed E-state index contributed by atoms with van der Waals surface area (Å²) < 4.78 is 16.1. The van der Waals surface area contributed by atoms with Crippen molar-refractivity contribution in [1.82, 2.24) is 0 Å². The van der Waals surface area contributed by atoms with Crippen LogP contribution in [0.3, 0.4) is 0 Å². The SMILES string of the molecule is COc1ccc2cccc(OC[C@H]3CO3)c2c1. The van der Waals surface area contributed by atoms with Crippen molar-refractivity contribution < 1.29 is 14.2 Å². The Kier molecular flexibility index (Phi) is 2.61. The minimum atomic E-state index is 0.274. The second-order valence-corrected chi connectivity index (χ2v) is 4.11. The molecule has 0 aromatic heterocycles. The van der Waals surface area contributed by atoms with Gasteiger partial charge in [0, 0.05) is 5.39 Å². The molecule has 0 unspecified atom stereocenters. The Bertz CT molecular complexity index is 532. The molecule has 1 atom stereocenters. The van der Waals surface area contributed by atoms with Gasteiger partial charge in [-0.25, -0.2) is 0 Å². The van der Waals surface area contributed by atoms with E-state index in [0.717, 1.165) is 28.9 Å². The lowest BCUT2D eigenvalue weighted by atomic mass is 10.1. The van der Waals surface area contributed by atoms with Gasteiger partial charge >= 0.3 is 0 Å². The zero-order valence-electron chi connectivity index (χ0n) is 9.68. The number of hydrogen-bond donors (Lipinski definition) is 0. The zero-order valence-corrected chi connectivity index (χ0v) is 9.68. The number of benzene rings is 2. The Morgan fingerprint density at radius 1 is 1.29 bits per heavy atom. The van der Waals surface area contributed by atoms with Crippen molar-refractivity contribution in [2.75, 3.05) is 20.3 Å². The van der Waals surface area contributed by atoms with E-state index in [2.05, 4.69) is 6.07 Å². The Labute approximate surface area is 99.9 Å². The molecule has 0 saturated carbocycles. The molecule has 1 saturated heterocycles. The summed E-state index contributed by atoms with van der Waals surface area (Å²) in [5.74, 6) is 1.73. The number of ether oxygens (including phenoxy) is 3. The molecule has 3 rings (SSSR count). The maximum absolute atomic E-state index is 5.76. The first-order chi connectivity index (χ1) is 8.36. The summed E-state index contributed by atoms with van der Waals surface area (Å²) in [6.45, 7) is 1.43. The van der Waals surface area contributed by atoms with Crippen LogP contribution in [0.1, 0.15) is 0 Å². The minimum Gasteiger partial charge on any atom is -0.497 e. The van der Waals surface area contributed by atoms with Gasteiger partial charge in [0.2, 0.25) is 0 Å². The van der Waals surface area contributed by atoms with Crippen LogP contribution >= 0.6 is 0 Å². The summed E-state index contributed by atoms with van der Waals surface area (Å²) in [5, 5.41) is 2.23. The van der Waals surface area contributed by atoms with E-state index >= 15 is 0 Å². The highest BCUT2D eigenvalue weighted by atomic mass is 16.6. The molecule has 1 aliphatic rings. The third-order valence-corrected chi connectivity index (χ3v) is 2.88. The van der Waals surface area contributed by atoms with Crippen LogP contribution in [0.25, 0.3) is 10.8 Å². The molecule has 2 aromatic carbocycles. The van der Waals surface area contributed by atoms with Crippen LogP contribution in [-0.4, -0.2) is 26.4 Å². The summed E-state index contributed by atoms with van der Waals surface area (Å²) in [6, 6.07) is 12.0. The molecule has 1 fully saturated rings. The Balaban J connectivity index is 1.96. The molecule has 0 radical (unpaired) electrons. The lowest BCUT2D eigenvalue weighted by molar-refractivity contribution is 0.265. The first kappa shape index (κ1) is 10.4. The Hall–Kier alpha value is -1.74. The number of rotatable bonds is 4. The molecule has 0 N–H and O–H groups in total. The highest BCUT2D eigenvalue weighted by Crippen LogP contribution is 2.29. The number of fused-ring (bicyclic) bond motifs is 1. The molecule has 0 amide bonds. The zero-order chi connectivity index (χ0) is 11.7. The largest absolute Gasteiger partial charge is 0.497 e. The molecular weight excluding hydrogens is 216 g/mol. The summed E-state index contributed by atoms with van der Waals surface area (Å²) in [5.41, 5.74) is 0. The van der Waals surface area contributed by atoms with E-state index in [0.29, 0.717) is 6.61 Å². The Morgan fingerprint density at radius 3 is 2.94 bits per heavy atom. The van der Waals surface area contributed by atoms with Gasteiger partial charge in [0.05, 0.1) is 13.7 Å². The average molecular weight is 230 g/mol. The first-order valence-electron chi connectivity index (χ1n) is 5.68. The highest BCUT2D eigenvalue weighted by molar-refractivity contribution is 5.89. The smallest absolute Gasteiger partial charge is 0.127 e. The van der Waals surface area contributed by atoms with Gasteiger partial charge in [-0.05, 0) is 23.6 Å². The van der Waals surface area contributed by atoms with Gasteiger partial charge in [0.25, 0.3) is 0 Å². The third kappa shape index (κ3) is 2.19. The lowest BCUT2D eigenvalue weighted by Gasteiger charge is -2.09. The molecule has 0 spiro atoms. The van der Waals surface area contributed by atoms with Crippen molar-refractivity contribution >= 4 is 10.8 Å². The standard InChI is InChI=1S/C14H14O3/c1-15-11-6-5-10-3-2-4-14(13(10)7-11)17-9-12-8-16-12/h2-7,12H,8-9H2,1H3/t12-/m1/s1. The molecule has 3 heteroatoms. The van der Waals surface area contributed by atoms with Gasteiger partial charge in [-0.15, -0.1) is 0 Å². The van der Waals surface area contributed by atoms with Gasteiger partial charge in [0.1, 0.15) is 24.2 Å². The van der Waals surface area contributed by atoms with E-state index < -0.39 is 0 Å². The monoisotopic (exact) mass is 230 g/mol. The molecule has 2 aromatic rings. The van der Waals surface area contributed by atoms with E-state index in [1.165, 1.54) is 0 Å². The molecule has 88 valence electrons. The molecule has 0 bridgehead atoms. The fourth-order valence-corrected chi connectivity index (χ4v) is 1.82. The predicted octanol–water partition coefficient (Wildman–Crippen LogP) is 2.63. The van der Waals surface area contributed by atoms with Crippen molar-refractivity contribution in [2.24, 2.45) is 0 Å². The van der Waals surface area contributed by atoms with E-state index in [4.69, 9.17) is 14.2 Å². The molecule has 17 heavy (non-hydrogen) atoms. The number of methoxy groups -OCH3 is 1. The van der Waals surface area contributed by atoms with Crippen LogP contribution in [0.2, 0.25) is 0 Å². The number of hydrogen-bond acceptors (Lipinski definition) is 3. The molecule has 0 aliphatic carbocycles. The molecule has 3 nitrogen and oxygen atoms in total. The van der Waals surface area contributed by atoms with E-state index in [1.54, 1.807) is 7.11 Å². The van der Waals surface area contributed by atoms with E-state index in [9.17, 15) is 0 Å². The van der Waals surface area contributed by atoms with Gasteiger partial charge in [-0.2, -0.15) is 0 Å².